The standard InChI is InChI=1S/C56H62O16/c57-47(41-29-13-15-33-45(41)67-53(63)65-39-25-9-3-10-26-39)55(69-49(59)37-21-5-1-6-22-37)35-19-17-31-43(55)51(61)71-72-52(62)44-32-18-20-36-56(44,70-50(60)38-23-7-2-8-24-38)48(58)42-30-14-16-34-46(42)68-54(64)66-40-27-11-4-12-28-40/h13-20,29-40,43-44H,1-12,21-28H2. The van der Waals surface area contributed by atoms with E-state index in [1.54, 1.807) is 0 Å². The third-order valence-corrected chi connectivity index (χ3v) is 14.6. The summed E-state index contributed by atoms with van der Waals surface area (Å²) in [5, 5.41) is 0. The van der Waals surface area contributed by atoms with Crippen LogP contribution in [0.5, 0.6) is 11.5 Å². The largest absolute Gasteiger partial charge is 0.514 e. The normalized spacial score (nSPS) is 24.8. The molecule has 0 aromatic heterocycles. The van der Waals surface area contributed by atoms with Gasteiger partial charge in [-0.05, 0) is 113 Å². The molecule has 4 unspecified atom stereocenters. The van der Waals surface area contributed by atoms with Gasteiger partial charge in [-0.2, -0.15) is 0 Å². The van der Waals surface area contributed by atoms with E-state index >= 15 is 9.59 Å². The van der Waals surface area contributed by atoms with Crippen molar-refractivity contribution < 1.29 is 76.6 Å². The first-order chi connectivity index (χ1) is 35.0. The number of ketones is 2. The fraction of sp³-hybridized carbons (Fsp3) is 0.500. The van der Waals surface area contributed by atoms with E-state index in [0.717, 1.165) is 77.0 Å². The predicted octanol–water partition coefficient (Wildman–Crippen LogP) is 10.7. The number of para-hydroxylation sites is 2. The van der Waals surface area contributed by atoms with Crippen LogP contribution in [0.1, 0.15) is 149 Å². The van der Waals surface area contributed by atoms with E-state index < -0.39 is 82.6 Å². The first kappa shape index (κ1) is 51.5. The Morgan fingerprint density at radius 1 is 0.403 bits per heavy atom. The van der Waals surface area contributed by atoms with Crippen molar-refractivity contribution in [3.8, 4) is 11.5 Å². The predicted molar refractivity (Wildman–Crippen MR) is 256 cm³/mol. The molecule has 2 aromatic rings. The van der Waals surface area contributed by atoms with E-state index in [0.29, 0.717) is 51.4 Å². The van der Waals surface area contributed by atoms with Crippen LogP contribution in [-0.4, -0.2) is 71.2 Å². The lowest BCUT2D eigenvalue weighted by molar-refractivity contribution is -0.268. The molecule has 6 aliphatic carbocycles. The molecule has 6 aliphatic rings. The molecule has 72 heavy (non-hydrogen) atoms. The number of ether oxygens (including phenoxy) is 6. The fourth-order valence-corrected chi connectivity index (χ4v) is 10.6. The van der Waals surface area contributed by atoms with Gasteiger partial charge in [-0.15, -0.1) is 0 Å². The molecule has 4 atom stereocenters. The van der Waals surface area contributed by atoms with E-state index in [1.165, 1.54) is 97.1 Å². The van der Waals surface area contributed by atoms with E-state index in [2.05, 4.69) is 0 Å². The molecule has 0 saturated heterocycles. The van der Waals surface area contributed by atoms with E-state index in [4.69, 9.17) is 38.2 Å². The van der Waals surface area contributed by atoms with Crippen LogP contribution in [0.2, 0.25) is 0 Å². The summed E-state index contributed by atoms with van der Waals surface area (Å²) in [6.07, 6.45) is 22.9. The number of carbonyl (C=O) groups excluding carboxylic acids is 8. The molecule has 0 aliphatic heterocycles. The maximum Gasteiger partial charge on any atom is 0.514 e. The molecule has 0 radical (unpaired) electrons. The Kier molecular flexibility index (Phi) is 17.2. The van der Waals surface area contributed by atoms with Gasteiger partial charge in [-0.1, -0.05) is 112 Å². The lowest BCUT2D eigenvalue weighted by Crippen LogP contribution is -2.54. The Morgan fingerprint density at radius 3 is 1.12 bits per heavy atom. The van der Waals surface area contributed by atoms with E-state index in [1.807, 2.05) is 0 Å². The summed E-state index contributed by atoms with van der Waals surface area (Å²) in [6.45, 7) is 0. The molecule has 8 rings (SSSR count). The number of allylic oxidation sites excluding steroid dienone is 4. The van der Waals surface area contributed by atoms with Crippen LogP contribution < -0.4 is 9.47 Å². The summed E-state index contributed by atoms with van der Waals surface area (Å²) in [4.78, 5) is 124. The highest BCUT2D eigenvalue weighted by atomic mass is 17.2. The highest BCUT2D eigenvalue weighted by molar-refractivity contribution is 6.11. The molecule has 0 spiro atoms. The maximum absolute atomic E-state index is 15.1. The van der Waals surface area contributed by atoms with Crippen LogP contribution >= 0.6 is 0 Å². The first-order valence-corrected chi connectivity index (χ1v) is 25.6. The minimum Gasteiger partial charge on any atom is -0.445 e. The Morgan fingerprint density at radius 2 is 0.750 bits per heavy atom. The minimum atomic E-state index is -2.45. The molecule has 0 amide bonds. The zero-order valence-corrected chi connectivity index (χ0v) is 40.4. The van der Waals surface area contributed by atoms with Crippen LogP contribution in [0.25, 0.3) is 0 Å². The van der Waals surface area contributed by atoms with E-state index in [-0.39, 0.29) is 34.8 Å². The number of rotatable bonds is 14. The Hall–Kier alpha value is -6.84. The van der Waals surface area contributed by atoms with Gasteiger partial charge in [0.2, 0.25) is 22.8 Å². The summed E-state index contributed by atoms with van der Waals surface area (Å²) in [5.41, 5.74) is -5.36. The highest BCUT2D eigenvalue weighted by Gasteiger charge is 2.56. The van der Waals surface area contributed by atoms with Gasteiger partial charge in [-0.25, -0.2) is 29.0 Å². The zero-order chi connectivity index (χ0) is 50.5. The lowest BCUT2D eigenvalue weighted by atomic mass is 9.77. The fourth-order valence-electron chi connectivity index (χ4n) is 10.6. The summed E-state index contributed by atoms with van der Waals surface area (Å²) in [5.74, 6) is -11.3. The molecule has 4 fully saturated rings. The Labute approximate surface area is 418 Å². The van der Waals surface area contributed by atoms with Crippen molar-refractivity contribution in [3.05, 3.63) is 108 Å². The second kappa shape index (κ2) is 24.1. The minimum absolute atomic E-state index is 0.216. The van der Waals surface area contributed by atoms with Gasteiger partial charge in [0.05, 0.1) is 23.0 Å². The summed E-state index contributed by atoms with van der Waals surface area (Å²) < 4.78 is 34.7. The van der Waals surface area contributed by atoms with Crippen molar-refractivity contribution >= 4 is 47.8 Å². The highest BCUT2D eigenvalue weighted by Crippen LogP contribution is 2.41. The Balaban J connectivity index is 1.07. The van der Waals surface area contributed by atoms with Gasteiger partial charge >= 0.3 is 36.2 Å². The van der Waals surface area contributed by atoms with Gasteiger partial charge in [-0.3, -0.25) is 19.2 Å². The van der Waals surface area contributed by atoms with Crippen molar-refractivity contribution in [2.24, 2.45) is 23.7 Å². The van der Waals surface area contributed by atoms with Crippen LogP contribution in [0.15, 0.2) is 97.1 Å². The Bertz CT molecular complexity index is 2290. The second-order valence-electron chi connectivity index (χ2n) is 19.5. The van der Waals surface area contributed by atoms with Crippen molar-refractivity contribution in [2.45, 2.75) is 152 Å². The topological polar surface area (TPSA) is 210 Å². The molecule has 0 bridgehead atoms. The van der Waals surface area contributed by atoms with Crippen molar-refractivity contribution in [3.63, 3.8) is 0 Å². The number of carbonyl (C=O) groups is 8. The maximum atomic E-state index is 15.1. The van der Waals surface area contributed by atoms with Crippen molar-refractivity contribution in [1.29, 1.82) is 0 Å². The lowest BCUT2D eigenvalue weighted by Gasteiger charge is -2.37. The first-order valence-electron chi connectivity index (χ1n) is 25.6. The van der Waals surface area contributed by atoms with Crippen molar-refractivity contribution in [2.75, 3.05) is 0 Å². The zero-order valence-electron chi connectivity index (χ0n) is 40.4. The van der Waals surface area contributed by atoms with Crippen molar-refractivity contribution in [1.82, 2.24) is 0 Å². The third-order valence-electron chi connectivity index (χ3n) is 14.6. The monoisotopic (exact) mass is 990 g/mol. The third kappa shape index (κ3) is 12.1. The van der Waals surface area contributed by atoms with Gasteiger partial charge in [0.15, 0.2) is 0 Å². The summed E-state index contributed by atoms with van der Waals surface area (Å²) >= 11 is 0. The molecule has 0 N–H and O–H groups in total. The molecule has 382 valence electrons. The average molecular weight is 991 g/mol. The number of benzene rings is 2. The van der Waals surface area contributed by atoms with Crippen LogP contribution in [0.4, 0.5) is 9.59 Å². The van der Waals surface area contributed by atoms with Crippen LogP contribution in [0.3, 0.4) is 0 Å². The molecule has 16 heteroatoms. The molecule has 4 saturated carbocycles. The van der Waals surface area contributed by atoms with Gasteiger partial charge in [0.25, 0.3) is 0 Å². The number of Topliss-reactive ketones (excluding diaryl/α,β-unsaturated/α-hetero) is 2. The summed E-state index contributed by atoms with van der Waals surface area (Å²) in [6, 6.07) is 11.5. The molecule has 2 aromatic carbocycles. The SMILES string of the molecule is O=C(Oc1ccccc1C(=O)C1(OC(=O)C2CCCCC2)C=CC=CC1C(=O)OOC(=O)C1C=CC=CC1(OC(=O)C1CCCCC1)C(=O)c1ccccc1OC(=O)OC1CCCCC1)OC1CCCCC1. The van der Waals surface area contributed by atoms with Gasteiger partial charge in [0.1, 0.15) is 35.5 Å². The summed E-state index contributed by atoms with van der Waals surface area (Å²) in [7, 11) is 0. The second-order valence-corrected chi connectivity index (χ2v) is 19.5. The smallest absolute Gasteiger partial charge is 0.445 e. The number of esters is 2. The average Bonchev–Trinajstić information content (AvgIpc) is 3.41. The van der Waals surface area contributed by atoms with E-state index in [9.17, 15) is 28.8 Å². The number of hydrogen-bond donors (Lipinski definition) is 0. The molecule has 0 heterocycles. The van der Waals surface area contributed by atoms with Crippen LogP contribution in [0, 0.1) is 23.7 Å². The van der Waals surface area contributed by atoms with Gasteiger partial charge < -0.3 is 28.4 Å². The molecule has 16 nitrogen and oxygen atoms in total. The van der Waals surface area contributed by atoms with Crippen LogP contribution in [-0.2, 0) is 47.9 Å². The molecular weight excluding hydrogens is 929 g/mol. The quantitative estimate of drug-likeness (QED) is 0.0430. The van der Waals surface area contributed by atoms with Gasteiger partial charge in [0, 0.05) is 0 Å². The molecular formula is C56H62O16. The number of hydrogen-bond acceptors (Lipinski definition) is 16.